The van der Waals surface area contributed by atoms with E-state index in [2.05, 4.69) is 6.92 Å². The number of carbonyl (C=O) groups excluding carboxylic acids is 1. The van der Waals surface area contributed by atoms with Crippen molar-refractivity contribution in [3.8, 4) is 11.5 Å². The minimum absolute atomic E-state index is 0.335. The van der Waals surface area contributed by atoms with Crippen LogP contribution in [0.25, 0.3) is 0 Å². The van der Waals surface area contributed by atoms with E-state index in [1.54, 1.807) is 14.2 Å². The molecule has 1 atom stereocenters. The zero-order valence-electron chi connectivity index (χ0n) is 12.6. The Morgan fingerprint density at radius 3 is 2.65 bits per heavy atom. The summed E-state index contributed by atoms with van der Waals surface area (Å²) in [6, 6.07) is 5.92. The SMILES string of the molecule is COCCCOc1cc(CC(C)CC=O)ccc1OC. The molecule has 112 valence electrons. The Bertz CT molecular complexity index is 403. The van der Waals surface area contributed by atoms with Crippen LogP contribution >= 0.6 is 0 Å². The van der Waals surface area contributed by atoms with Gasteiger partial charge in [0.05, 0.1) is 13.7 Å². The summed E-state index contributed by atoms with van der Waals surface area (Å²) in [5.74, 6) is 1.82. The number of rotatable bonds is 10. The highest BCUT2D eigenvalue weighted by atomic mass is 16.5. The van der Waals surface area contributed by atoms with Crippen molar-refractivity contribution in [2.45, 2.75) is 26.2 Å². The Morgan fingerprint density at radius 1 is 1.20 bits per heavy atom. The van der Waals surface area contributed by atoms with Crippen LogP contribution in [0.3, 0.4) is 0 Å². The van der Waals surface area contributed by atoms with E-state index in [9.17, 15) is 4.79 Å². The quantitative estimate of drug-likeness (QED) is 0.488. The monoisotopic (exact) mass is 280 g/mol. The van der Waals surface area contributed by atoms with E-state index < -0.39 is 0 Å². The first-order valence-electron chi connectivity index (χ1n) is 6.93. The lowest BCUT2D eigenvalue weighted by molar-refractivity contribution is -0.108. The molecule has 0 amide bonds. The van der Waals surface area contributed by atoms with Gasteiger partial charge in [-0.25, -0.2) is 0 Å². The fourth-order valence-electron chi connectivity index (χ4n) is 2.00. The molecule has 0 saturated heterocycles. The van der Waals surface area contributed by atoms with Crippen molar-refractivity contribution < 1.29 is 19.0 Å². The molecule has 0 N–H and O–H groups in total. The third-order valence-electron chi connectivity index (χ3n) is 3.06. The van der Waals surface area contributed by atoms with Crippen LogP contribution in [0, 0.1) is 5.92 Å². The summed E-state index contributed by atoms with van der Waals surface area (Å²) < 4.78 is 16.0. The predicted molar refractivity (Wildman–Crippen MR) is 78.5 cm³/mol. The van der Waals surface area contributed by atoms with Crippen LogP contribution in [0.4, 0.5) is 0 Å². The molecule has 1 rings (SSSR count). The minimum Gasteiger partial charge on any atom is -0.493 e. The Hall–Kier alpha value is -1.55. The molecular weight excluding hydrogens is 256 g/mol. The van der Waals surface area contributed by atoms with Gasteiger partial charge >= 0.3 is 0 Å². The van der Waals surface area contributed by atoms with Gasteiger partial charge in [0.1, 0.15) is 6.29 Å². The van der Waals surface area contributed by atoms with Gasteiger partial charge < -0.3 is 19.0 Å². The summed E-state index contributed by atoms with van der Waals surface area (Å²) in [6.07, 6.45) is 3.25. The highest BCUT2D eigenvalue weighted by Gasteiger charge is 2.08. The zero-order valence-corrected chi connectivity index (χ0v) is 12.6. The molecule has 0 bridgehead atoms. The summed E-state index contributed by atoms with van der Waals surface area (Å²) in [7, 11) is 3.31. The standard InChI is InChI=1S/C16H24O4/c1-13(7-8-17)11-14-5-6-15(19-3)16(12-14)20-10-4-9-18-2/h5-6,8,12-13H,4,7,9-11H2,1-3H3. The van der Waals surface area contributed by atoms with Gasteiger partial charge in [-0.3, -0.25) is 0 Å². The van der Waals surface area contributed by atoms with E-state index in [4.69, 9.17) is 14.2 Å². The van der Waals surface area contributed by atoms with Crippen LogP contribution in [0.2, 0.25) is 0 Å². The second kappa shape index (κ2) is 9.37. The number of methoxy groups -OCH3 is 2. The number of ether oxygens (including phenoxy) is 3. The van der Waals surface area contributed by atoms with Crippen molar-refractivity contribution in [3.63, 3.8) is 0 Å². The normalized spacial score (nSPS) is 11.9. The van der Waals surface area contributed by atoms with E-state index >= 15 is 0 Å². The average molecular weight is 280 g/mol. The Balaban J connectivity index is 2.66. The van der Waals surface area contributed by atoms with Gasteiger partial charge in [0, 0.05) is 26.6 Å². The summed E-state index contributed by atoms with van der Waals surface area (Å²) in [6.45, 7) is 3.34. The molecule has 0 radical (unpaired) electrons. The summed E-state index contributed by atoms with van der Waals surface area (Å²) >= 11 is 0. The predicted octanol–water partition coefficient (Wildman–Crippen LogP) is 2.88. The minimum atomic E-state index is 0.335. The first-order valence-corrected chi connectivity index (χ1v) is 6.93. The van der Waals surface area contributed by atoms with Gasteiger partial charge in [0.2, 0.25) is 0 Å². The van der Waals surface area contributed by atoms with Gasteiger partial charge in [-0.1, -0.05) is 13.0 Å². The van der Waals surface area contributed by atoms with Gasteiger partial charge in [-0.05, 0) is 30.0 Å². The molecule has 0 heterocycles. The van der Waals surface area contributed by atoms with Crippen molar-refractivity contribution >= 4 is 6.29 Å². The number of carbonyl (C=O) groups is 1. The molecule has 0 aliphatic rings. The lowest BCUT2D eigenvalue weighted by Gasteiger charge is -2.14. The topological polar surface area (TPSA) is 44.8 Å². The molecule has 0 aromatic heterocycles. The third-order valence-corrected chi connectivity index (χ3v) is 3.06. The first-order chi connectivity index (χ1) is 9.71. The van der Waals surface area contributed by atoms with E-state index in [-0.39, 0.29) is 0 Å². The smallest absolute Gasteiger partial charge is 0.161 e. The van der Waals surface area contributed by atoms with Crippen molar-refractivity contribution in [3.05, 3.63) is 23.8 Å². The van der Waals surface area contributed by atoms with Crippen LogP contribution in [0.15, 0.2) is 18.2 Å². The van der Waals surface area contributed by atoms with Gasteiger partial charge in [0.25, 0.3) is 0 Å². The number of hydrogen-bond acceptors (Lipinski definition) is 4. The van der Waals surface area contributed by atoms with E-state index in [0.717, 1.165) is 36.2 Å². The third kappa shape index (κ3) is 5.61. The summed E-state index contributed by atoms with van der Waals surface area (Å²) in [5, 5.41) is 0. The summed E-state index contributed by atoms with van der Waals surface area (Å²) in [4.78, 5) is 10.5. The van der Waals surface area contributed by atoms with E-state index in [1.807, 2.05) is 18.2 Å². The molecule has 0 aliphatic heterocycles. The average Bonchev–Trinajstić information content (AvgIpc) is 2.44. The largest absolute Gasteiger partial charge is 0.493 e. The molecule has 0 saturated carbocycles. The first kappa shape index (κ1) is 16.5. The van der Waals surface area contributed by atoms with Crippen LogP contribution in [-0.2, 0) is 16.0 Å². The van der Waals surface area contributed by atoms with Gasteiger partial charge in [0.15, 0.2) is 11.5 Å². The Morgan fingerprint density at radius 2 is 2.00 bits per heavy atom. The molecule has 20 heavy (non-hydrogen) atoms. The highest BCUT2D eigenvalue weighted by Crippen LogP contribution is 2.29. The Labute approximate surface area is 121 Å². The molecule has 1 aromatic rings. The molecule has 4 heteroatoms. The van der Waals surface area contributed by atoms with E-state index in [0.29, 0.717) is 25.6 Å². The second-order valence-corrected chi connectivity index (χ2v) is 4.89. The van der Waals surface area contributed by atoms with Crippen molar-refractivity contribution in [1.82, 2.24) is 0 Å². The zero-order chi connectivity index (χ0) is 14.8. The van der Waals surface area contributed by atoms with Crippen LogP contribution < -0.4 is 9.47 Å². The highest BCUT2D eigenvalue weighted by molar-refractivity contribution is 5.50. The molecular formula is C16H24O4. The summed E-state index contributed by atoms with van der Waals surface area (Å²) in [5.41, 5.74) is 1.15. The van der Waals surface area contributed by atoms with Gasteiger partial charge in [-0.2, -0.15) is 0 Å². The molecule has 1 aromatic carbocycles. The molecule has 0 aliphatic carbocycles. The maximum atomic E-state index is 10.5. The van der Waals surface area contributed by atoms with Crippen LogP contribution in [0.1, 0.15) is 25.3 Å². The lowest BCUT2D eigenvalue weighted by atomic mass is 9.98. The van der Waals surface area contributed by atoms with Crippen molar-refractivity contribution in [2.75, 3.05) is 27.4 Å². The maximum Gasteiger partial charge on any atom is 0.161 e. The number of hydrogen-bond donors (Lipinski definition) is 0. The van der Waals surface area contributed by atoms with Crippen molar-refractivity contribution in [1.29, 1.82) is 0 Å². The van der Waals surface area contributed by atoms with Gasteiger partial charge in [-0.15, -0.1) is 0 Å². The molecule has 0 spiro atoms. The molecule has 1 unspecified atom stereocenters. The second-order valence-electron chi connectivity index (χ2n) is 4.89. The Kier molecular flexibility index (Phi) is 7.73. The lowest BCUT2D eigenvalue weighted by Crippen LogP contribution is -2.04. The maximum absolute atomic E-state index is 10.5. The number of benzene rings is 1. The van der Waals surface area contributed by atoms with E-state index in [1.165, 1.54) is 0 Å². The molecule has 4 nitrogen and oxygen atoms in total. The fraction of sp³-hybridized carbons (Fsp3) is 0.562. The van der Waals surface area contributed by atoms with Crippen molar-refractivity contribution in [2.24, 2.45) is 5.92 Å². The van der Waals surface area contributed by atoms with Crippen LogP contribution in [-0.4, -0.2) is 33.7 Å². The fourth-order valence-corrected chi connectivity index (χ4v) is 2.00. The number of aldehydes is 1. The van der Waals surface area contributed by atoms with Crippen LogP contribution in [0.5, 0.6) is 11.5 Å². The molecule has 0 fully saturated rings.